The molecule has 0 bridgehead atoms. The minimum absolute atomic E-state index is 0.136. The minimum atomic E-state index is -3.48. The highest BCUT2D eigenvalue weighted by molar-refractivity contribution is 7.88. The van der Waals surface area contributed by atoms with Gasteiger partial charge in [-0.1, -0.05) is 12.1 Å². The number of sulfonamides is 1. The summed E-state index contributed by atoms with van der Waals surface area (Å²) in [6.07, 6.45) is 1.75. The Morgan fingerprint density at radius 1 is 0.968 bits per heavy atom. The number of aromatic nitrogens is 4. The Balaban J connectivity index is 1.47. The Hall–Kier alpha value is -2.85. The number of imidazole rings is 1. The topological polar surface area (TPSA) is 84.2 Å². The van der Waals surface area contributed by atoms with E-state index in [1.54, 1.807) is 6.33 Å². The van der Waals surface area contributed by atoms with Crippen molar-refractivity contribution in [3.63, 3.8) is 0 Å². The maximum atomic E-state index is 13.1. The number of anilines is 1. The van der Waals surface area contributed by atoms with Crippen molar-refractivity contribution in [2.45, 2.75) is 26.5 Å². The molecular formula is C21H25FN6O2S. The molecule has 1 fully saturated rings. The fourth-order valence-corrected chi connectivity index (χ4v) is 5.15. The van der Waals surface area contributed by atoms with Gasteiger partial charge in [-0.3, -0.25) is 4.57 Å². The maximum Gasteiger partial charge on any atom is 0.218 e. The number of nitrogens with zero attached hydrogens (tertiary/aromatic N) is 6. The third-order valence-electron chi connectivity index (χ3n) is 5.53. The van der Waals surface area contributed by atoms with Crippen molar-refractivity contribution >= 4 is 15.8 Å². The van der Waals surface area contributed by atoms with Crippen molar-refractivity contribution in [1.29, 1.82) is 0 Å². The fraction of sp³-hybridized carbons (Fsp3) is 0.381. The lowest BCUT2D eigenvalue weighted by molar-refractivity contribution is 0.383. The molecule has 164 valence electrons. The quantitative estimate of drug-likeness (QED) is 0.601. The van der Waals surface area contributed by atoms with Crippen LogP contribution in [0.15, 0.2) is 36.7 Å². The fourth-order valence-electron chi connectivity index (χ4n) is 3.63. The van der Waals surface area contributed by atoms with E-state index in [0.29, 0.717) is 37.6 Å². The van der Waals surface area contributed by atoms with Crippen molar-refractivity contribution < 1.29 is 12.8 Å². The molecule has 0 aliphatic carbocycles. The van der Waals surface area contributed by atoms with Gasteiger partial charge in [-0.05, 0) is 38.5 Å². The van der Waals surface area contributed by atoms with Gasteiger partial charge in [0.15, 0.2) is 0 Å². The molecule has 2 aromatic heterocycles. The Morgan fingerprint density at radius 3 is 2.23 bits per heavy atom. The third-order valence-corrected chi connectivity index (χ3v) is 7.38. The molecule has 0 spiro atoms. The van der Waals surface area contributed by atoms with Gasteiger partial charge in [-0.2, -0.15) is 4.31 Å². The van der Waals surface area contributed by atoms with Crippen LogP contribution in [0.2, 0.25) is 0 Å². The SMILES string of the molecule is Cc1nc(N2CCN(S(=O)(=O)Cc3ccc(F)cc3)CC2)cc(-n2cnc(C)c2C)n1. The summed E-state index contributed by atoms with van der Waals surface area (Å²) in [5, 5.41) is 0. The van der Waals surface area contributed by atoms with Crippen molar-refractivity contribution in [2.75, 3.05) is 31.1 Å². The Morgan fingerprint density at radius 2 is 1.61 bits per heavy atom. The molecule has 1 saturated heterocycles. The summed E-state index contributed by atoms with van der Waals surface area (Å²) >= 11 is 0. The van der Waals surface area contributed by atoms with Crippen molar-refractivity contribution in [3.05, 3.63) is 65.3 Å². The molecule has 8 nitrogen and oxygen atoms in total. The predicted octanol–water partition coefficient (Wildman–Crippen LogP) is 2.38. The third kappa shape index (κ3) is 4.59. The van der Waals surface area contributed by atoms with Gasteiger partial charge in [0.1, 0.15) is 29.6 Å². The first-order valence-corrected chi connectivity index (χ1v) is 11.7. The molecule has 3 heterocycles. The molecule has 31 heavy (non-hydrogen) atoms. The second-order valence-corrected chi connectivity index (χ2v) is 9.65. The van der Waals surface area contributed by atoms with Crippen LogP contribution < -0.4 is 4.90 Å². The van der Waals surface area contributed by atoms with Gasteiger partial charge < -0.3 is 4.90 Å². The summed E-state index contributed by atoms with van der Waals surface area (Å²) in [5.74, 6) is 1.64. The summed E-state index contributed by atoms with van der Waals surface area (Å²) in [6.45, 7) is 7.57. The van der Waals surface area contributed by atoms with E-state index in [4.69, 9.17) is 0 Å². The molecule has 0 unspecified atom stereocenters. The van der Waals surface area contributed by atoms with Gasteiger partial charge in [0, 0.05) is 37.9 Å². The van der Waals surface area contributed by atoms with Crippen LogP contribution >= 0.6 is 0 Å². The van der Waals surface area contributed by atoms with E-state index in [0.717, 1.165) is 23.0 Å². The monoisotopic (exact) mass is 444 g/mol. The van der Waals surface area contributed by atoms with E-state index >= 15 is 0 Å². The zero-order valence-corrected chi connectivity index (χ0v) is 18.6. The Labute approximate surface area is 181 Å². The summed E-state index contributed by atoms with van der Waals surface area (Å²) in [7, 11) is -3.48. The van der Waals surface area contributed by atoms with Crippen LogP contribution in [0, 0.1) is 26.6 Å². The Bertz CT molecular complexity index is 1190. The first-order valence-electron chi connectivity index (χ1n) is 10.1. The summed E-state index contributed by atoms with van der Waals surface area (Å²) in [6, 6.07) is 7.48. The van der Waals surface area contributed by atoms with Crippen molar-refractivity contribution in [2.24, 2.45) is 0 Å². The van der Waals surface area contributed by atoms with Gasteiger partial charge in [-0.15, -0.1) is 0 Å². The normalized spacial score (nSPS) is 15.4. The van der Waals surface area contributed by atoms with Crippen LogP contribution in [-0.2, 0) is 15.8 Å². The number of rotatable bonds is 5. The highest BCUT2D eigenvalue weighted by Crippen LogP contribution is 2.21. The molecule has 1 aliphatic heterocycles. The molecule has 0 N–H and O–H groups in total. The van der Waals surface area contributed by atoms with Gasteiger partial charge >= 0.3 is 0 Å². The molecule has 0 amide bonds. The first kappa shape index (κ1) is 21.4. The van der Waals surface area contributed by atoms with Crippen LogP contribution in [-0.4, -0.2) is 58.4 Å². The lowest BCUT2D eigenvalue weighted by Crippen LogP contribution is -2.49. The van der Waals surface area contributed by atoms with Crippen molar-refractivity contribution in [3.8, 4) is 5.82 Å². The summed E-state index contributed by atoms with van der Waals surface area (Å²) < 4.78 is 42.1. The van der Waals surface area contributed by atoms with E-state index in [1.807, 2.05) is 31.4 Å². The lowest BCUT2D eigenvalue weighted by Gasteiger charge is -2.34. The Kier molecular flexibility index (Phi) is 5.76. The maximum absolute atomic E-state index is 13.1. The van der Waals surface area contributed by atoms with E-state index in [-0.39, 0.29) is 11.6 Å². The molecule has 1 aromatic carbocycles. The predicted molar refractivity (Wildman–Crippen MR) is 116 cm³/mol. The number of benzene rings is 1. The molecule has 4 rings (SSSR count). The smallest absolute Gasteiger partial charge is 0.218 e. The molecule has 10 heteroatoms. The number of hydrogen-bond acceptors (Lipinski definition) is 6. The molecule has 0 atom stereocenters. The lowest BCUT2D eigenvalue weighted by atomic mass is 10.2. The highest BCUT2D eigenvalue weighted by atomic mass is 32.2. The molecule has 1 aliphatic rings. The molecular weight excluding hydrogens is 419 g/mol. The van der Waals surface area contributed by atoms with Crippen molar-refractivity contribution in [1.82, 2.24) is 23.8 Å². The molecule has 0 saturated carbocycles. The van der Waals surface area contributed by atoms with Crippen LogP contribution in [0.3, 0.4) is 0 Å². The summed E-state index contributed by atoms with van der Waals surface area (Å²) in [4.78, 5) is 15.5. The largest absolute Gasteiger partial charge is 0.354 e. The van der Waals surface area contributed by atoms with E-state index < -0.39 is 10.0 Å². The first-order chi connectivity index (χ1) is 14.7. The van der Waals surface area contributed by atoms with E-state index in [9.17, 15) is 12.8 Å². The zero-order chi connectivity index (χ0) is 22.2. The van der Waals surface area contributed by atoms with E-state index in [2.05, 4.69) is 19.9 Å². The van der Waals surface area contributed by atoms with Gasteiger partial charge in [0.25, 0.3) is 0 Å². The van der Waals surface area contributed by atoms with Gasteiger partial charge in [0.2, 0.25) is 10.0 Å². The minimum Gasteiger partial charge on any atom is -0.354 e. The standard InChI is InChI=1S/C21H25FN6O2S/c1-15-16(2)28(14-23-15)21-12-20(24-17(3)25-21)26-8-10-27(11-9-26)31(29,30)13-18-4-6-19(22)7-5-18/h4-7,12,14H,8-11,13H2,1-3H3. The van der Waals surface area contributed by atoms with Gasteiger partial charge in [-0.25, -0.2) is 27.8 Å². The van der Waals surface area contributed by atoms with Crippen LogP contribution in [0.4, 0.5) is 10.2 Å². The number of halogens is 1. The average molecular weight is 445 g/mol. The number of piperazine rings is 1. The highest BCUT2D eigenvalue weighted by Gasteiger charge is 2.28. The molecule has 0 radical (unpaired) electrons. The van der Waals surface area contributed by atoms with Crippen LogP contribution in [0.5, 0.6) is 0 Å². The zero-order valence-electron chi connectivity index (χ0n) is 17.8. The summed E-state index contributed by atoms with van der Waals surface area (Å²) in [5.41, 5.74) is 2.53. The van der Waals surface area contributed by atoms with Crippen LogP contribution in [0.1, 0.15) is 22.8 Å². The second-order valence-electron chi connectivity index (χ2n) is 7.69. The van der Waals surface area contributed by atoms with Gasteiger partial charge in [0.05, 0.1) is 11.4 Å². The van der Waals surface area contributed by atoms with Crippen LogP contribution in [0.25, 0.3) is 5.82 Å². The molecule has 3 aromatic rings. The van der Waals surface area contributed by atoms with E-state index in [1.165, 1.54) is 28.6 Å². The second kappa shape index (κ2) is 8.35. The number of aryl methyl sites for hydroxylation is 2. The average Bonchev–Trinajstić information content (AvgIpc) is 3.08. The number of hydrogen-bond donors (Lipinski definition) is 0.